The van der Waals surface area contributed by atoms with Gasteiger partial charge in [-0.2, -0.15) is 5.10 Å². The predicted molar refractivity (Wildman–Crippen MR) is 65.3 cm³/mol. The quantitative estimate of drug-likeness (QED) is 0.822. The Hall–Kier alpha value is -0.940. The van der Waals surface area contributed by atoms with Crippen LogP contribution in [-0.4, -0.2) is 44.5 Å². The number of likely N-dealkylation sites (tertiary alicyclic amines) is 1. The lowest BCUT2D eigenvalue weighted by Gasteiger charge is -2.16. The fourth-order valence-electron chi connectivity index (χ4n) is 2.31. The van der Waals surface area contributed by atoms with Gasteiger partial charge in [0, 0.05) is 19.7 Å². The summed E-state index contributed by atoms with van der Waals surface area (Å²) in [6, 6.07) is 0. The first kappa shape index (κ1) is 12.5. The van der Waals surface area contributed by atoms with Crippen LogP contribution in [0.15, 0.2) is 6.33 Å². The topological polar surface area (TPSA) is 54.2 Å². The molecule has 96 valence electrons. The van der Waals surface area contributed by atoms with Gasteiger partial charge < -0.3 is 5.11 Å². The van der Waals surface area contributed by atoms with Gasteiger partial charge in [-0.15, -0.1) is 0 Å². The number of nitrogens with zero attached hydrogens (tertiary/aromatic N) is 4. The van der Waals surface area contributed by atoms with Crippen molar-refractivity contribution in [3.63, 3.8) is 0 Å². The molecule has 1 aliphatic heterocycles. The van der Waals surface area contributed by atoms with E-state index in [0.29, 0.717) is 18.4 Å². The maximum atomic E-state index is 9.12. The molecule has 1 unspecified atom stereocenters. The zero-order valence-corrected chi connectivity index (χ0v) is 10.7. The number of aliphatic hydroxyl groups excluding tert-OH is 1. The molecule has 0 aromatic carbocycles. The van der Waals surface area contributed by atoms with Crippen molar-refractivity contribution < 1.29 is 5.11 Å². The molecule has 5 nitrogen and oxygen atoms in total. The lowest BCUT2D eigenvalue weighted by Crippen LogP contribution is -2.24. The van der Waals surface area contributed by atoms with E-state index in [9.17, 15) is 0 Å². The maximum absolute atomic E-state index is 9.12. The number of aromatic nitrogens is 3. The van der Waals surface area contributed by atoms with E-state index in [0.717, 1.165) is 38.4 Å². The summed E-state index contributed by atoms with van der Waals surface area (Å²) < 4.78 is 2.00. The smallest absolute Gasteiger partial charge is 0.141 e. The van der Waals surface area contributed by atoms with Gasteiger partial charge in [0.05, 0.1) is 6.54 Å². The van der Waals surface area contributed by atoms with Crippen LogP contribution in [0.1, 0.15) is 26.1 Å². The van der Waals surface area contributed by atoms with Gasteiger partial charge in [-0.1, -0.05) is 13.8 Å². The lowest BCUT2D eigenvalue weighted by atomic mass is 10.1. The van der Waals surface area contributed by atoms with Crippen molar-refractivity contribution in [2.24, 2.45) is 11.8 Å². The molecule has 1 aromatic rings. The highest BCUT2D eigenvalue weighted by Crippen LogP contribution is 2.17. The van der Waals surface area contributed by atoms with E-state index in [1.165, 1.54) is 0 Å². The van der Waals surface area contributed by atoms with Crippen molar-refractivity contribution in [2.45, 2.75) is 33.4 Å². The predicted octanol–water partition coefficient (Wildman–Crippen LogP) is 0.748. The zero-order valence-electron chi connectivity index (χ0n) is 10.7. The largest absolute Gasteiger partial charge is 0.396 e. The fourth-order valence-corrected chi connectivity index (χ4v) is 2.31. The molecule has 1 fully saturated rings. The Labute approximate surface area is 102 Å². The van der Waals surface area contributed by atoms with E-state index in [1.807, 2.05) is 4.68 Å². The van der Waals surface area contributed by atoms with Gasteiger partial charge in [0.25, 0.3) is 0 Å². The molecule has 1 aromatic heterocycles. The summed E-state index contributed by atoms with van der Waals surface area (Å²) in [5.41, 5.74) is 0. The fraction of sp³-hybridized carbons (Fsp3) is 0.833. The Kier molecular flexibility index (Phi) is 4.12. The third kappa shape index (κ3) is 3.26. The van der Waals surface area contributed by atoms with E-state index in [4.69, 9.17) is 5.11 Å². The maximum Gasteiger partial charge on any atom is 0.141 e. The Balaban J connectivity index is 1.92. The number of aliphatic hydroxyl groups is 1. The molecule has 0 aliphatic carbocycles. The van der Waals surface area contributed by atoms with Gasteiger partial charge in [-0.3, -0.25) is 4.90 Å². The lowest BCUT2D eigenvalue weighted by molar-refractivity contribution is 0.217. The second-order valence-electron chi connectivity index (χ2n) is 5.32. The SMILES string of the molecule is CC(C)Cn1ncnc1CN1CCC(CO)C1. The molecule has 0 spiro atoms. The van der Waals surface area contributed by atoms with Crippen molar-refractivity contribution >= 4 is 0 Å². The molecule has 0 radical (unpaired) electrons. The van der Waals surface area contributed by atoms with Crippen molar-refractivity contribution in [3.05, 3.63) is 12.2 Å². The monoisotopic (exact) mass is 238 g/mol. The second-order valence-corrected chi connectivity index (χ2v) is 5.32. The molecule has 0 saturated carbocycles. The first-order valence-electron chi connectivity index (χ1n) is 6.39. The number of hydrogen-bond acceptors (Lipinski definition) is 4. The third-order valence-electron chi connectivity index (χ3n) is 3.23. The van der Waals surface area contributed by atoms with Gasteiger partial charge in [0.1, 0.15) is 12.2 Å². The van der Waals surface area contributed by atoms with Crippen LogP contribution in [-0.2, 0) is 13.1 Å². The molecular weight excluding hydrogens is 216 g/mol. The summed E-state index contributed by atoms with van der Waals surface area (Å²) in [5.74, 6) is 2.06. The summed E-state index contributed by atoms with van der Waals surface area (Å²) in [6.45, 7) is 8.47. The molecule has 1 N–H and O–H groups in total. The molecule has 5 heteroatoms. The van der Waals surface area contributed by atoms with Gasteiger partial charge in [-0.05, 0) is 24.8 Å². The normalized spacial score (nSPS) is 21.5. The van der Waals surface area contributed by atoms with Gasteiger partial charge >= 0.3 is 0 Å². The molecule has 1 atom stereocenters. The minimum atomic E-state index is 0.301. The van der Waals surface area contributed by atoms with Gasteiger partial charge in [0.15, 0.2) is 0 Å². The van der Waals surface area contributed by atoms with Crippen molar-refractivity contribution in [3.8, 4) is 0 Å². The Bertz CT molecular complexity index is 350. The van der Waals surface area contributed by atoms with Crippen LogP contribution in [0.5, 0.6) is 0 Å². The molecule has 1 saturated heterocycles. The van der Waals surface area contributed by atoms with E-state index in [-0.39, 0.29) is 0 Å². The van der Waals surface area contributed by atoms with Gasteiger partial charge in [-0.25, -0.2) is 9.67 Å². The molecule has 1 aliphatic rings. The summed E-state index contributed by atoms with van der Waals surface area (Å²) in [6.07, 6.45) is 2.73. The highest BCUT2D eigenvalue weighted by molar-refractivity contribution is 4.87. The molecule has 0 amide bonds. The first-order valence-corrected chi connectivity index (χ1v) is 6.39. The molecule has 17 heavy (non-hydrogen) atoms. The van der Waals surface area contributed by atoms with Crippen LogP contribution < -0.4 is 0 Å². The van der Waals surface area contributed by atoms with Crippen molar-refractivity contribution in [1.29, 1.82) is 0 Å². The molecule has 0 bridgehead atoms. The third-order valence-corrected chi connectivity index (χ3v) is 3.23. The average Bonchev–Trinajstić information content (AvgIpc) is 2.89. The number of hydrogen-bond donors (Lipinski definition) is 1. The van der Waals surface area contributed by atoms with Crippen LogP contribution in [0.25, 0.3) is 0 Å². The van der Waals surface area contributed by atoms with Crippen molar-refractivity contribution in [1.82, 2.24) is 19.7 Å². The van der Waals surface area contributed by atoms with E-state index < -0.39 is 0 Å². The van der Waals surface area contributed by atoms with Crippen LogP contribution in [0, 0.1) is 11.8 Å². The van der Waals surface area contributed by atoms with Crippen LogP contribution in [0.2, 0.25) is 0 Å². The minimum absolute atomic E-state index is 0.301. The molecule has 2 heterocycles. The van der Waals surface area contributed by atoms with E-state index in [2.05, 4.69) is 28.8 Å². The van der Waals surface area contributed by atoms with E-state index in [1.54, 1.807) is 6.33 Å². The highest BCUT2D eigenvalue weighted by atomic mass is 16.3. The minimum Gasteiger partial charge on any atom is -0.396 e. The Morgan fingerprint density at radius 2 is 2.35 bits per heavy atom. The molecular formula is C12H22N4O. The summed E-state index contributed by atoms with van der Waals surface area (Å²) in [7, 11) is 0. The highest BCUT2D eigenvalue weighted by Gasteiger charge is 2.23. The van der Waals surface area contributed by atoms with Crippen LogP contribution in [0.4, 0.5) is 0 Å². The number of rotatable bonds is 5. The Morgan fingerprint density at radius 3 is 3.00 bits per heavy atom. The first-order chi connectivity index (χ1) is 8.19. The van der Waals surface area contributed by atoms with Crippen LogP contribution >= 0.6 is 0 Å². The molecule has 2 rings (SSSR count). The standard InChI is InChI=1S/C12H22N4O/c1-10(2)5-16-12(13-9-14-16)7-15-4-3-11(6-15)8-17/h9-11,17H,3-8H2,1-2H3. The van der Waals surface area contributed by atoms with Crippen LogP contribution in [0.3, 0.4) is 0 Å². The summed E-state index contributed by atoms with van der Waals surface area (Å²) in [4.78, 5) is 6.68. The van der Waals surface area contributed by atoms with E-state index >= 15 is 0 Å². The Morgan fingerprint density at radius 1 is 1.53 bits per heavy atom. The zero-order chi connectivity index (χ0) is 12.3. The summed E-state index contributed by atoms with van der Waals surface area (Å²) in [5, 5.41) is 13.4. The average molecular weight is 238 g/mol. The summed E-state index contributed by atoms with van der Waals surface area (Å²) >= 11 is 0. The van der Waals surface area contributed by atoms with Crippen molar-refractivity contribution in [2.75, 3.05) is 19.7 Å². The van der Waals surface area contributed by atoms with Gasteiger partial charge in [0.2, 0.25) is 0 Å². The second kappa shape index (κ2) is 5.60.